The lowest BCUT2D eigenvalue weighted by Gasteiger charge is -2.52. The highest BCUT2D eigenvalue weighted by molar-refractivity contribution is 5.88. The van der Waals surface area contributed by atoms with Crippen LogP contribution in [0.1, 0.15) is 63.9 Å². The minimum absolute atomic E-state index is 0.0950. The lowest BCUT2D eigenvalue weighted by Crippen LogP contribution is -2.59. The average Bonchev–Trinajstić information content (AvgIpc) is 2.65. The van der Waals surface area contributed by atoms with Crippen molar-refractivity contribution in [2.45, 2.75) is 64.7 Å². The smallest absolute Gasteiger partial charge is 0.311 e. The highest BCUT2D eigenvalue weighted by Crippen LogP contribution is 2.59. The second-order valence-corrected chi connectivity index (χ2v) is 7.97. The van der Waals surface area contributed by atoms with Crippen molar-refractivity contribution in [2.75, 3.05) is 0 Å². The Morgan fingerprint density at radius 3 is 2.18 bits per heavy atom. The molecule has 0 aliphatic heterocycles. The molecule has 0 bridgehead atoms. The maximum atomic E-state index is 12.7. The van der Waals surface area contributed by atoms with E-state index in [1.807, 2.05) is 37.3 Å². The second kappa shape index (κ2) is 9.22. The molecule has 1 saturated carbocycles. The summed E-state index contributed by atoms with van der Waals surface area (Å²) in [6, 6.07) is 9.06. The zero-order chi connectivity index (χ0) is 20.8. The van der Waals surface area contributed by atoms with Gasteiger partial charge in [0.15, 0.2) is 0 Å². The van der Waals surface area contributed by atoms with Gasteiger partial charge in [0, 0.05) is 6.42 Å². The number of carboxylic acids is 3. The first-order valence-electron chi connectivity index (χ1n) is 10.0. The summed E-state index contributed by atoms with van der Waals surface area (Å²) < 4.78 is 0. The quantitative estimate of drug-likeness (QED) is 0.551. The fraction of sp³-hybridized carbons (Fsp3) is 0.591. The Bertz CT molecular complexity index is 700. The van der Waals surface area contributed by atoms with E-state index in [1.54, 1.807) is 0 Å². The average molecular weight is 390 g/mol. The molecule has 1 aromatic carbocycles. The van der Waals surface area contributed by atoms with Crippen molar-refractivity contribution < 1.29 is 29.7 Å². The zero-order valence-electron chi connectivity index (χ0n) is 16.4. The number of carbonyl (C=O) groups is 3. The van der Waals surface area contributed by atoms with Crippen LogP contribution in [0.25, 0.3) is 0 Å². The summed E-state index contributed by atoms with van der Waals surface area (Å²) in [5.74, 6) is -4.10. The first kappa shape index (κ1) is 21.9. The van der Waals surface area contributed by atoms with Gasteiger partial charge in [-0.1, -0.05) is 62.9 Å². The molecule has 3 N–H and O–H groups in total. The second-order valence-electron chi connectivity index (χ2n) is 7.97. The predicted molar refractivity (Wildman–Crippen MR) is 104 cm³/mol. The Morgan fingerprint density at radius 1 is 1.00 bits per heavy atom. The van der Waals surface area contributed by atoms with Gasteiger partial charge in [0.2, 0.25) is 0 Å². The maximum absolute atomic E-state index is 12.7. The van der Waals surface area contributed by atoms with E-state index in [2.05, 4.69) is 0 Å². The van der Waals surface area contributed by atoms with Gasteiger partial charge in [-0.25, -0.2) is 0 Å². The molecule has 6 heteroatoms. The van der Waals surface area contributed by atoms with E-state index in [0.29, 0.717) is 25.7 Å². The number of hydrogen-bond donors (Lipinski definition) is 3. The summed E-state index contributed by atoms with van der Waals surface area (Å²) in [5, 5.41) is 30.2. The molecule has 3 unspecified atom stereocenters. The van der Waals surface area contributed by atoms with Crippen LogP contribution in [0.2, 0.25) is 0 Å². The molecule has 2 rings (SSSR count). The number of carboxylic acid groups (broad SMARTS) is 3. The molecule has 1 aromatic rings. The van der Waals surface area contributed by atoms with E-state index >= 15 is 0 Å². The number of hydrogen-bond acceptors (Lipinski definition) is 3. The molecule has 3 atom stereocenters. The molecular weight excluding hydrogens is 360 g/mol. The van der Waals surface area contributed by atoms with Crippen molar-refractivity contribution in [1.82, 2.24) is 0 Å². The molecule has 0 heterocycles. The van der Waals surface area contributed by atoms with E-state index in [4.69, 9.17) is 0 Å². The number of benzene rings is 1. The normalized spacial score (nSPS) is 25.8. The fourth-order valence-corrected chi connectivity index (χ4v) is 5.12. The van der Waals surface area contributed by atoms with Crippen molar-refractivity contribution in [3.63, 3.8) is 0 Å². The minimum atomic E-state index is -1.60. The molecule has 0 spiro atoms. The van der Waals surface area contributed by atoms with Crippen LogP contribution in [0.4, 0.5) is 0 Å². The van der Waals surface area contributed by atoms with Crippen LogP contribution >= 0.6 is 0 Å². The molecule has 1 aliphatic rings. The minimum Gasteiger partial charge on any atom is -0.481 e. The molecule has 6 nitrogen and oxygen atoms in total. The first-order chi connectivity index (χ1) is 13.3. The molecule has 154 valence electrons. The number of aliphatic carboxylic acids is 3. The van der Waals surface area contributed by atoms with Gasteiger partial charge in [-0.05, 0) is 37.2 Å². The van der Waals surface area contributed by atoms with Gasteiger partial charge >= 0.3 is 17.9 Å². The van der Waals surface area contributed by atoms with Crippen molar-refractivity contribution >= 4 is 17.9 Å². The van der Waals surface area contributed by atoms with Crippen LogP contribution < -0.4 is 0 Å². The lowest BCUT2D eigenvalue weighted by molar-refractivity contribution is -0.189. The van der Waals surface area contributed by atoms with Crippen LogP contribution in [-0.4, -0.2) is 33.2 Å². The van der Waals surface area contributed by atoms with Gasteiger partial charge in [0.05, 0.1) is 10.8 Å². The molecule has 1 fully saturated rings. The summed E-state index contributed by atoms with van der Waals surface area (Å²) in [6.45, 7) is 1.96. The zero-order valence-corrected chi connectivity index (χ0v) is 16.4. The third kappa shape index (κ3) is 4.05. The molecule has 0 saturated heterocycles. The first-order valence-corrected chi connectivity index (χ1v) is 10.0. The molecular formula is C22H30O6. The van der Waals surface area contributed by atoms with Crippen LogP contribution in [0.3, 0.4) is 0 Å². The van der Waals surface area contributed by atoms with Gasteiger partial charge in [-0.2, -0.15) is 0 Å². The van der Waals surface area contributed by atoms with Crippen LogP contribution in [0.5, 0.6) is 0 Å². The Hall–Kier alpha value is -2.37. The molecule has 1 aliphatic carbocycles. The van der Waals surface area contributed by atoms with Gasteiger partial charge in [0.1, 0.15) is 0 Å². The maximum Gasteiger partial charge on any atom is 0.311 e. The van der Waals surface area contributed by atoms with E-state index in [-0.39, 0.29) is 25.7 Å². The summed E-state index contributed by atoms with van der Waals surface area (Å²) in [7, 11) is 0. The summed E-state index contributed by atoms with van der Waals surface area (Å²) in [4.78, 5) is 36.9. The van der Waals surface area contributed by atoms with E-state index in [1.165, 1.54) is 0 Å². The van der Waals surface area contributed by atoms with Crippen molar-refractivity contribution in [2.24, 2.45) is 16.7 Å². The van der Waals surface area contributed by atoms with E-state index in [9.17, 15) is 29.7 Å². The molecule has 0 radical (unpaired) electrons. The Balaban J connectivity index is 2.64. The highest BCUT2D eigenvalue weighted by Gasteiger charge is 2.65. The van der Waals surface area contributed by atoms with Crippen LogP contribution in [0.15, 0.2) is 30.3 Å². The third-order valence-corrected chi connectivity index (χ3v) is 6.44. The summed E-state index contributed by atoms with van der Waals surface area (Å²) >= 11 is 0. The Labute approximate surface area is 165 Å². The van der Waals surface area contributed by atoms with Crippen molar-refractivity contribution in [3.05, 3.63) is 35.9 Å². The Morgan fingerprint density at radius 2 is 1.64 bits per heavy atom. The van der Waals surface area contributed by atoms with Crippen LogP contribution in [-0.2, 0) is 20.8 Å². The monoisotopic (exact) mass is 390 g/mol. The predicted octanol–water partition coefficient (Wildman–Crippen LogP) is 4.23. The standard InChI is InChI=1S/C22H30O6/c1-2-3-11-17(14-18(23)24)22(20(27)28)13-8-7-12-21(22,19(25)26)15-16-9-5-4-6-10-16/h4-6,9-10,17H,2-3,7-8,11-15H2,1H3,(H,23,24)(H,25,26)(H,27,28). The lowest BCUT2D eigenvalue weighted by atomic mass is 9.48. The Kier molecular flexibility index (Phi) is 7.22. The van der Waals surface area contributed by atoms with Gasteiger partial charge < -0.3 is 15.3 Å². The van der Waals surface area contributed by atoms with Gasteiger partial charge in [-0.3, -0.25) is 14.4 Å². The third-order valence-electron chi connectivity index (χ3n) is 6.44. The van der Waals surface area contributed by atoms with E-state index in [0.717, 1.165) is 12.0 Å². The van der Waals surface area contributed by atoms with E-state index < -0.39 is 34.7 Å². The molecule has 0 aromatic heterocycles. The SMILES string of the molecule is CCCCC(CC(=O)O)C1(C(=O)O)CCCCC1(Cc1ccccc1)C(=O)O. The fourth-order valence-electron chi connectivity index (χ4n) is 5.12. The van der Waals surface area contributed by atoms with Gasteiger partial charge in [-0.15, -0.1) is 0 Å². The van der Waals surface area contributed by atoms with Crippen molar-refractivity contribution in [3.8, 4) is 0 Å². The topological polar surface area (TPSA) is 112 Å². The summed E-state index contributed by atoms with van der Waals surface area (Å²) in [6.07, 6.45) is 3.31. The largest absolute Gasteiger partial charge is 0.481 e. The molecule has 0 amide bonds. The van der Waals surface area contributed by atoms with Crippen LogP contribution in [0, 0.1) is 16.7 Å². The highest BCUT2D eigenvalue weighted by atomic mass is 16.4. The summed E-state index contributed by atoms with van der Waals surface area (Å²) in [5.41, 5.74) is -2.35. The van der Waals surface area contributed by atoms with Gasteiger partial charge in [0.25, 0.3) is 0 Å². The molecule has 28 heavy (non-hydrogen) atoms. The van der Waals surface area contributed by atoms with Crippen molar-refractivity contribution in [1.29, 1.82) is 0 Å². The number of unbranched alkanes of at least 4 members (excludes halogenated alkanes) is 1. The number of rotatable bonds is 10.